The number of aromatic nitrogens is 2. The smallest absolute Gasteiger partial charge is 0.136 e. The van der Waals surface area contributed by atoms with Crippen molar-refractivity contribution < 1.29 is 8.83 Å². The highest BCUT2D eigenvalue weighted by Crippen LogP contribution is 2.37. The van der Waals surface area contributed by atoms with Crippen LogP contribution in [0.1, 0.15) is 0 Å². The van der Waals surface area contributed by atoms with Crippen LogP contribution in [0.15, 0.2) is 203 Å². The Morgan fingerprint density at radius 2 is 0.607 bits per heavy atom. The molecule has 0 saturated carbocycles. The van der Waals surface area contributed by atoms with Gasteiger partial charge in [-0.2, -0.15) is 0 Å². The average Bonchev–Trinajstić information content (AvgIpc) is 4.04. The van der Waals surface area contributed by atoms with Gasteiger partial charge in [-0.25, -0.2) is 0 Å². The molecular weight excluding hydrogens is 685 g/mol. The summed E-state index contributed by atoms with van der Waals surface area (Å²) in [5.41, 5.74) is 13.0. The van der Waals surface area contributed by atoms with Crippen LogP contribution in [-0.2, 0) is 0 Å². The molecule has 12 rings (SSSR count). The number of fused-ring (bicyclic) bond motifs is 8. The van der Waals surface area contributed by atoms with Gasteiger partial charge in [0.05, 0.1) is 22.1 Å². The molecule has 0 bridgehead atoms. The van der Waals surface area contributed by atoms with Crippen LogP contribution in [0.3, 0.4) is 0 Å². The predicted molar refractivity (Wildman–Crippen MR) is 231 cm³/mol. The van der Waals surface area contributed by atoms with Crippen molar-refractivity contribution >= 4 is 65.6 Å². The largest absolute Gasteiger partial charge is 0.456 e. The van der Waals surface area contributed by atoms with Gasteiger partial charge in [0.15, 0.2) is 0 Å². The molecular formula is C52H32N2O2. The third-order valence-corrected chi connectivity index (χ3v) is 11.4. The van der Waals surface area contributed by atoms with Gasteiger partial charge in [-0.1, -0.05) is 121 Å². The van der Waals surface area contributed by atoms with Gasteiger partial charge < -0.3 is 18.0 Å². The molecule has 8 aromatic carbocycles. The lowest BCUT2D eigenvalue weighted by molar-refractivity contribution is 0.631. The molecule has 4 nitrogen and oxygen atoms in total. The van der Waals surface area contributed by atoms with Crippen LogP contribution in [-0.4, -0.2) is 9.13 Å². The lowest BCUT2D eigenvalue weighted by atomic mass is 10.0. The first kappa shape index (κ1) is 30.9. The fourth-order valence-electron chi connectivity index (χ4n) is 8.66. The molecule has 0 spiro atoms. The Kier molecular flexibility index (Phi) is 6.60. The summed E-state index contributed by atoms with van der Waals surface area (Å²) in [5, 5.41) is 7.16. The summed E-state index contributed by atoms with van der Waals surface area (Å²) in [6.07, 6.45) is 0. The summed E-state index contributed by atoms with van der Waals surface area (Å²) in [5.74, 6) is 1.71. The fraction of sp³-hybridized carbons (Fsp3) is 0. The first-order valence-electron chi connectivity index (χ1n) is 19.0. The molecule has 0 radical (unpaired) electrons. The van der Waals surface area contributed by atoms with Crippen LogP contribution in [0.25, 0.3) is 111 Å². The van der Waals surface area contributed by atoms with Crippen molar-refractivity contribution in [3.8, 4) is 45.1 Å². The van der Waals surface area contributed by atoms with Crippen molar-refractivity contribution in [2.24, 2.45) is 0 Å². The maximum Gasteiger partial charge on any atom is 0.136 e. The summed E-state index contributed by atoms with van der Waals surface area (Å²) < 4.78 is 17.6. The molecule has 4 heteroatoms. The molecule has 12 aromatic rings. The second kappa shape index (κ2) is 12.0. The topological polar surface area (TPSA) is 36.1 Å². The van der Waals surface area contributed by atoms with E-state index in [1.165, 1.54) is 43.6 Å². The highest BCUT2D eigenvalue weighted by molar-refractivity contribution is 6.10. The second-order valence-electron chi connectivity index (χ2n) is 14.6. The van der Waals surface area contributed by atoms with E-state index in [9.17, 15) is 0 Å². The van der Waals surface area contributed by atoms with E-state index in [2.05, 4.69) is 203 Å². The highest BCUT2D eigenvalue weighted by Gasteiger charge is 2.16. The highest BCUT2D eigenvalue weighted by atomic mass is 16.3. The molecule has 4 aromatic heterocycles. The zero-order valence-corrected chi connectivity index (χ0v) is 30.2. The van der Waals surface area contributed by atoms with E-state index < -0.39 is 0 Å². The van der Waals surface area contributed by atoms with Crippen LogP contribution in [0.4, 0.5) is 0 Å². The summed E-state index contributed by atoms with van der Waals surface area (Å²) in [6, 6.07) is 68.8. The van der Waals surface area contributed by atoms with Crippen LogP contribution in [0.2, 0.25) is 0 Å². The Hall–Kier alpha value is -7.56. The predicted octanol–water partition coefficient (Wildman–Crippen LogP) is 14.4. The normalized spacial score (nSPS) is 11.9. The van der Waals surface area contributed by atoms with Crippen LogP contribution < -0.4 is 0 Å². The molecule has 0 aliphatic carbocycles. The van der Waals surface area contributed by atoms with Crippen molar-refractivity contribution in [1.29, 1.82) is 0 Å². The van der Waals surface area contributed by atoms with Crippen LogP contribution >= 0.6 is 0 Å². The Bertz CT molecular complexity index is 3120. The first-order chi connectivity index (χ1) is 27.7. The molecule has 0 fully saturated rings. The molecule has 0 N–H and O–H groups in total. The second-order valence-corrected chi connectivity index (χ2v) is 14.6. The Labute approximate surface area is 321 Å². The molecule has 56 heavy (non-hydrogen) atoms. The van der Waals surface area contributed by atoms with E-state index in [1.807, 2.05) is 0 Å². The number of hydrogen-bond acceptors (Lipinski definition) is 2. The van der Waals surface area contributed by atoms with Gasteiger partial charge in [-0.05, 0) is 71.8 Å². The summed E-state index contributed by atoms with van der Waals surface area (Å²) in [6.45, 7) is 0. The Morgan fingerprint density at radius 3 is 0.964 bits per heavy atom. The maximum atomic E-state index is 6.49. The lowest BCUT2D eigenvalue weighted by Crippen LogP contribution is -1.92. The van der Waals surface area contributed by atoms with Gasteiger partial charge in [0.1, 0.15) is 22.7 Å². The zero-order chi connectivity index (χ0) is 36.7. The van der Waals surface area contributed by atoms with Gasteiger partial charge in [-0.15, -0.1) is 0 Å². The van der Waals surface area contributed by atoms with Crippen molar-refractivity contribution in [2.45, 2.75) is 0 Å². The summed E-state index contributed by atoms with van der Waals surface area (Å²) in [7, 11) is 0. The minimum absolute atomic E-state index is 0.854. The van der Waals surface area contributed by atoms with E-state index in [0.717, 1.165) is 67.1 Å². The molecule has 0 atom stereocenters. The average molecular weight is 717 g/mol. The number of nitrogens with zero attached hydrogens (tertiary/aromatic N) is 2. The Morgan fingerprint density at radius 1 is 0.286 bits per heavy atom. The van der Waals surface area contributed by atoms with Gasteiger partial charge in [0.25, 0.3) is 0 Å². The molecule has 0 unspecified atom stereocenters. The molecule has 262 valence electrons. The summed E-state index contributed by atoms with van der Waals surface area (Å²) >= 11 is 0. The van der Waals surface area contributed by atoms with Crippen molar-refractivity contribution in [3.63, 3.8) is 0 Å². The molecule has 4 heterocycles. The minimum atomic E-state index is 0.854. The van der Waals surface area contributed by atoms with E-state index in [4.69, 9.17) is 8.83 Å². The van der Waals surface area contributed by atoms with Crippen molar-refractivity contribution in [3.05, 3.63) is 194 Å². The van der Waals surface area contributed by atoms with E-state index in [-0.39, 0.29) is 0 Å². The maximum absolute atomic E-state index is 6.49. The molecule has 0 aliphatic heterocycles. The number of hydrogen-bond donors (Lipinski definition) is 0. The number of furan rings is 2. The first-order valence-corrected chi connectivity index (χ1v) is 19.0. The van der Waals surface area contributed by atoms with Gasteiger partial charge in [0, 0.05) is 67.0 Å². The van der Waals surface area contributed by atoms with E-state index >= 15 is 0 Å². The molecule has 0 saturated heterocycles. The number of para-hydroxylation sites is 4. The van der Waals surface area contributed by atoms with Gasteiger partial charge >= 0.3 is 0 Å². The SMILES string of the molecule is c1ccc2c(c1)c1ccccc1n2-c1ccc2cc(-c3ccc(-c4ccc(-c5cc6ccc(-n7c8ccccc8c8ccccc87)cc6o5)cc4)cc3)oc2c1. The van der Waals surface area contributed by atoms with Crippen molar-refractivity contribution in [2.75, 3.05) is 0 Å². The number of rotatable bonds is 5. The molecule has 0 aliphatic rings. The number of benzene rings is 8. The van der Waals surface area contributed by atoms with Crippen molar-refractivity contribution in [1.82, 2.24) is 9.13 Å². The summed E-state index contributed by atoms with van der Waals surface area (Å²) in [4.78, 5) is 0. The monoisotopic (exact) mass is 716 g/mol. The van der Waals surface area contributed by atoms with E-state index in [1.54, 1.807) is 0 Å². The third kappa shape index (κ3) is 4.73. The van der Waals surface area contributed by atoms with Gasteiger partial charge in [0.2, 0.25) is 0 Å². The lowest BCUT2D eigenvalue weighted by Gasteiger charge is -2.07. The Balaban J connectivity index is 0.820. The minimum Gasteiger partial charge on any atom is -0.456 e. The van der Waals surface area contributed by atoms with E-state index in [0.29, 0.717) is 0 Å². The quantitative estimate of drug-likeness (QED) is 0.178. The zero-order valence-electron chi connectivity index (χ0n) is 30.2. The van der Waals surface area contributed by atoms with Crippen LogP contribution in [0, 0.1) is 0 Å². The standard InChI is InChI=1S/C52H32N2O2/c1-5-13-45-41(9-1)42-10-2-6-14-46(42)53(45)39-27-25-37-29-49(55-51(37)31-39)35-21-17-33(18-22-35)34-19-23-36(24-20-34)50-30-38-26-28-40(32-52(38)56-50)54-47-15-7-3-11-43(47)44-12-4-8-16-48(44)54/h1-32H. The fourth-order valence-corrected chi connectivity index (χ4v) is 8.66. The van der Waals surface area contributed by atoms with Crippen LogP contribution in [0.5, 0.6) is 0 Å². The third-order valence-electron chi connectivity index (χ3n) is 11.4. The molecule has 0 amide bonds. The van der Waals surface area contributed by atoms with Gasteiger partial charge in [-0.3, -0.25) is 0 Å².